The molecule has 1 heteroatoms. The van der Waals surface area contributed by atoms with Crippen molar-refractivity contribution in [2.24, 2.45) is 46.3 Å². The first-order valence-corrected chi connectivity index (χ1v) is 12.4. The van der Waals surface area contributed by atoms with Gasteiger partial charge < -0.3 is 5.11 Å². The minimum atomic E-state index is -0.116. The van der Waals surface area contributed by atoms with Crippen LogP contribution in [0.5, 0.6) is 0 Å². The Morgan fingerprint density at radius 3 is 2.41 bits per heavy atom. The van der Waals surface area contributed by atoms with Crippen LogP contribution in [0.4, 0.5) is 0 Å². The number of hydrogen-bond acceptors (Lipinski definition) is 1. The Morgan fingerprint density at radius 2 is 1.69 bits per heavy atom. The van der Waals surface area contributed by atoms with Crippen LogP contribution in [0.1, 0.15) is 86.5 Å². The van der Waals surface area contributed by atoms with E-state index in [1.54, 1.807) is 5.57 Å². The highest BCUT2D eigenvalue weighted by Gasteiger charge is 2.56. The van der Waals surface area contributed by atoms with Crippen molar-refractivity contribution in [1.29, 1.82) is 0 Å². The molecule has 0 unspecified atom stereocenters. The zero-order valence-corrected chi connectivity index (χ0v) is 19.7. The van der Waals surface area contributed by atoms with Gasteiger partial charge in [-0.2, -0.15) is 0 Å². The first-order chi connectivity index (χ1) is 13.7. The number of hydrogen-bond donors (Lipinski definition) is 1. The highest BCUT2D eigenvalue weighted by atomic mass is 16.3. The van der Waals surface area contributed by atoms with E-state index in [0.717, 1.165) is 36.5 Å². The van der Waals surface area contributed by atoms with Gasteiger partial charge in [-0.3, -0.25) is 0 Å². The topological polar surface area (TPSA) is 20.2 Å². The first kappa shape index (κ1) is 21.4. The smallest absolute Gasteiger partial charge is 0.0578 e. The molecule has 0 spiro atoms. The van der Waals surface area contributed by atoms with Gasteiger partial charge >= 0.3 is 0 Å². The normalized spacial score (nSPS) is 44.0. The molecule has 0 radical (unpaired) electrons. The van der Waals surface area contributed by atoms with Crippen LogP contribution in [0.2, 0.25) is 0 Å². The van der Waals surface area contributed by atoms with E-state index in [1.807, 2.05) is 0 Å². The van der Waals surface area contributed by atoms with Gasteiger partial charge in [0, 0.05) is 0 Å². The lowest BCUT2D eigenvalue weighted by Gasteiger charge is -2.55. The van der Waals surface area contributed by atoms with E-state index in [2.05, 4.69) is 65.8 Å². The number of rotatable bonds is 4. The summed E-state index contributed by atoms with van der Waals surface area (Å²) in [7, 11) is 0. The van der Waals surface area contributed by atoms with Gasteiger partial charge in [-0.1, -0.05) is 77.0 Å². The summed E-state index contributed by atoms with van der Waals surface area (Å²) >= 11 is 0. The highest BCUT2D eigenvalue weighted by molar-refractivity contribution is 5.39. The van der Waals surface area contributed by atoms with Crippen molar-refractivity contribution in [1.82, 2.24) is 0 Å². The third kappa shape index (κ3) is 3.50. The molecule has 4 aliphatic rings. The van der Waals surface area contributed by atoms with Crippen LogP contribution in [-0.4, -0.2) is 11.2 Å². The van der Waals surface area contributed by atoms with Crippen LogP contribution < -0.4 is 0 Å². The Labute approximate surface area is 179 Å². The van der Waals surface area contributed by atoms with Crippen molar-refractivity contribution < 1.29 is 5.11 Å². The molecular weight excluding hydrogens is 352 g/mol. The molecule has 4 rings (SSSR count). The molecular formula is C28H44O. The Kier molecular flexibility index (Phi) is 5.69. The number of aliphatic hydroxyl groups is 1. The summed E-state index contributed by atoms with van der Waals surface area (Å²) in [6.07, 6.45) is 18.4. The Balaban J connectivity index is 1.57. The fraction of sp³-hybridized carbons (Fsp3) is 0.786. The molecule has 3 fully saturated rings. The molecule has 8 atom stereocenters. The molecule has 0 aromatic carbocycles. The molecule has 4 aliphatic carbocycles. The predicted octanol–water partition coefficient (Wildman–Crippen LogP) is 7.33. The molecule has 0 heterocycles. The lowest BCUT2D eigenvalue weighted by Crippen LogP contribution is -2.46. The maximum atomic E-state index is 10.2. The van der Waals surface area contributed by atoms with E-state index in [0.29, 0.717) is 22.7 Å². The zero-order chi connectivity index (χ0) is 21.0. The van der Waals surface area contributed by atoms with Crippen LogP contribution in [0, 0.1) is 46.3 Å². The molecule has 0 bridgehead atoms. The fourth-order valence-electron chi connectivity index (χ4n) is 7.59. The van der Waals surface area contributed by atoms with E-state index >= 15 is 0 Å². The monoisotopic (exact) mass is 396 g/mol. The third-order valence-electron chi connectivity index (χ3n) is 10.0. The van der Waals surface area contributed by atoms with Crippen molar-refractivity contribution in [3.63, 3.8) is 0 Å². The van der Waals surface area contributed by atoms with Crippen LogP contribution in [0.3, 0.4) is 0 Å². The first-order valence-electron chi connectivity index (χ1n) is 12.4. The lowest BCUT2D eigenvalue weighted by atomic mass is 9.50. The summed E-state index contributed by atoms with van der Waals surface area (Å²) < 4.78 is 0. The van der Waals surface area contributed by atoms with Crippen molar-refractivity contribution >= 4 is 0 Å². The second-order valence-corrected chi connectivity index (χ2v) is 11.9. The van der Waals surface area contributed by atoms with E-state index in [1.165, 1.54) is 37.7 Å². The van der Waals surface area contributed by atoms with Crippen molar-refractivity contribution in [2.45, 2.75) is 92.6 Å². The second-order valence-electron chi connectivity index (χ2n) is 11.9. The van der Waals surface area contributed by atoms with Gasteiger partial charge in [0.1, 0.15) is 0 Å². The highest BCUT2D eigenvalue weighted by Crippen LogP contribution is 2.65. The summed E-state index contributed by atoms with van der Waals surface area (Å²) in [6, 6.07) is 0. The average Bonchev–Trinajstić information content (AvgIpc) is 3.03. The van der Waals surface area contributed by atoms with Gasteiger partial charge in [0.05, 0.1) is 6.10 Å². The summed E-state index contributed by atoms with van der Waals surface area (Å²) in [5.41, 5.74) is 4.07. The van der Waals surface area contributed by atoms with Crippen LogP contribution in [0.15, 0.2) is 35.5 Å². The molecule has 162 valence electrons. The molecule has 0 amide bonds. The SMILES string of the molecule is CC(C)[C@H](C)/C=C/[C@@H](C)[C@H]1CC[C@H]2C3=CC=C4C[C@@H](O)CC[C@]4(C)[C@@H]3CC[C@]12C. The summed E-state index contributed by atoms with van der Waals surface area (Å²) in [5, 5.41) is 10.2. The van der Waals surface area contributed by atoms with Crippen molar-refractivity contribution in [2.75, 3.05) is 0 Å². The maximum absolute atomic E-state index is 10.2. The van der Waals surface area contributed by atoms with E-state index in [9.17, 15) is 5.11 Å². The van der Waals surface area contributed by atoms with Crippen LogP contribution in [-0.2, 0) is 0 Å². The minimum absolute atomic E-state index is 0.116. The van der Waals surface area contributed by atoms with Gasteiger partial charge in [0.25, 0.3) is 0 Å². The molecule has 1 N–H and O–H groups in total. The van der Waals surface area contributed by atoms with Gasteiger partial charge in [0.2, 0.25) is 0 Å². The fourth-order valence-corrected chi connectivity index (χ4v) is 7.59. The van der Waals surface area contributed by atoms with E-state index in [-0.39, 0.29) is 6.10 Å². The molecule has 0 aromatic heterocycles. The Hall–Kier alpha value is -0.820. The number of fused-ring (bicyclic) bond motifs is 5. The maximum Gasteiger partial charge on any atom is 0.0578 e. The van der Waals surface area contributed by atoms with Crippen molar-refractivity contribution in [3.05, 3.63) is 35.5 Å². The number of allylic oxidation sites excluding steroid dienone is 5. The second kappa shape index (κ2) is 7.70. The van der Waals surface area contributed by atoms with Gasteiger partial charge in [-0.25, -0.2) is 0 Å². The Morgan fingerprint density at radius 1 is 0.931 bits per heavy atom. The van der Waals surface area contributed by atoms with Crippen LogP contribution >= 0.6 is 0 Å². The number of aliphatic hydroxyl groups excluding tert-OH is 1. The van der Waals surface area contributed by atoms with Gasteiger partial charge in [-0.15, -0.1) is 0 Å². The molecule has 0 aliphatic heterocycles. The standard InChI is InChI=1S/C28H44O/c1-18(2)19(3)7-8-20(4)24-11-12-25-23-10-9-21-17-22(29)13-15-27(21,5)26(23)14-16-28(24,25)6/h7-10,18-20,22,24-26,29H,11-17H2,1-6H3/b8-7+/t19-,20-,22+,24-,25+,26-,27+,28-/m1/s1. The molecule has 0 saturated heterocycles. The quantitative estimate of drug-likeness (QED) is 0.493. The third-order valence-corrected chi connectivity index (χ3v) is 10.0. The van der Waals surface area contributed by atoms with Gasteiger partial charge in [-0.05, 0) is 91.3 Å². The minimum Gasteiger partial charge on any atom is -0.393 e. The lowest BCUT2D eigenvalue weighted by molar-refractivity contribution is 0.0382. The summed E-state index contributed by atoms with van der Waals surface area (Å²) in [4.78, 5) is 0. The van der Waals surface area contributed by atoms with Crippen molar-refractivity contribution in [3.8, 4) is 0 Å². The predicted molar refractivity (Wildman–Crippen MR) is 123 cm³/mol. The van der Waals surface area contributed by atoms with E-state index < -0.39 is 0 Å². The Bertz CT molecular complexity index is 712. The average molecular weight is 397 g/mol. The molecule has 1 nitrogen and oxygen atoms in total. The molecule has 3 saturated carbocycles. The summed E-state index contributed by atoms with van der Waals surface area (Å²) in [5.74, 6) is 4.38. The largest absolute Gasteiger partial charge is 0.393 e. The molecule has 29 heavy (non-hydrogen) atoms. The van der Waals surface area contributed by atoms with Crippen LogP contribution in [0.25, 0.3) is 0 Å². The summed E-state index contributed by atoms with van der Waals surface area (Å²) in [6.45, 7) is 14.6. The van der Waals surface area contributed by atoms with E-state index in [4.69, 9.17) is 0 Å². The zero-order valence-electron chi connectivity index (χ0n) is 19.7. The van der Waals surface area contributed by atoms with Gasteiger partial charge in [0.15, 0.2) is 0 Å². The molecule has 0 aromatic rings.